The third-order valence-electron chi connectivity index (χ3n) is 10.4. The van der Waals surface area contributed by atoms with E-state index >= 15 is 0 Å². The van der Waals surface area contributed by atoms with Crippen molar-refractivity contribution in [3.05, 3.63) is 33.4 Å². The van der Waals surface area contributed by atoms with Crippen molar-refractivity contribution in [3.8, 4) is 0 Å². The summed E-state index contributed by atoms with van der Waals surface area (Å²) in [6.07, 6.45) is 1.36. The van der Waals surface area contributed by atoms with Gasteiger partial charge in [-0.1, -0.05) is 12.1 Å². The molecule has 23 heteroatoms. The number of aliphatic carboxylic acids is 5. The van der Waals surface area contributed by atoms with Gasteiger partial charge in [0.25, 0.3) is 0 Å². The number of carboxylic acid groups (broad SMARTS) is 5. The minimum absolute atomic E-state index is 0.0276. The molecule has 2 rings (SSSR count). The van der Waals surface area contributed by atoms with Gasteiger partial charge in [-0.3, -0.25) is 53.2 Å². The first kappa shape index (κ1) is 55.2. The van der Waals surface area contributed by atoms with Gasteiger partial charge in [-0.25, -0.2) is 9.59 Å². The second-order valence-corrected chi connectivity index (χ2v) is 16.9. The average Bonchev–Trinajstić information content (AvgIpc) is 3.20. The number of carbonyl (C=O) groups excluding carboxylic acids is 4. The normalized spacial score (nSPS) is 15.7. The summed E-state index contributed by atoms with van der Waals surface area (Å²) in [4.78, 5) is 117. The van der Waals surface area contributed by atoms with Gasteiger partial charge < -0.3 is 46.4 Å². The van der Waals surface area contributed by atoms with E-state index < -0.39 is 53.7 Å². The molecule has 64 heavy (non-hydrogen) atoms. The fourth-order valence-electron chi connectivity index (χ4n) is 6.84. The number of urea groups is 1. The number of hydrogen-bond donors (Lipinski definition) is 8. The predicted octanol–water partition coefficient (Wildman–Crippen LogP) is 0.127. The number of unbranched alkanes of at least 4 members (excludes halogenated alkanes) is 2. The van der Waals surface area contributed by atoms with Crippen LogP contribution in [-0.2, 0) is 44.9 Å². The minimum atomic E-state index is -1.30. The smallest absolute Gasteiger partial charge is 0.326 e. The highest BCUT2D eigenvalue weighted by molar-refractivity contribution is 14.1. The molecule has 1 aliphatic heterocycles. The molecule has 2 atom stereocenters. The number of carboxylic acids is 5. The van der Waals surface area contributed by atoms with Crippen LogP contribution in [0.5, 0.6) is 0 Å². The molecule has 0 saturated carbocycles. The Morgan fingerprint density at radius 1 is 0.609 bits per heavy atom. The highest BCUT2D eigenvalue weighted by Gasteiger charge is 2.25. The van der Waals surface area contributed by atoms with Crippen molar-refractivity contribution in [3.63, 3.8) is 0 Å². The molecule has 0 radical (unpaired) electrons. The first-order chi connectivity index (χ1) is 30.3. The zero-order valence-corrected chi connectivity index (χ0v) is 38.4. The van der Waals surface area contributed by atoms with E-state index in [0.717, 1.165) is 9.13 Å². The maximum absolute atomic E-state index is 13.5. The largest absolute Gasteiger partial charge is 0.481 e. The van der Waals surface area contributed by atoms with E-state index in [0.29, 0.717) is 51.9 Å². The Morgan fingerprint density at radius 2 is 1.09 bits per heavy atom. The van der Waals surface area contributed by atoms with Crippen molar-refractivity contribution in [2.24, 2.45) is 0 Å². The van der Waals surface area contributed by atoms with Crippen molar-refractivity contribution in [2.45, 2.75) is 76.9 Å². The van der Waals surface area contributed by atoms with E-state index in [4.69, 9.17) is 5.11 Å². The van der Waals surface area contributed by atoms with Crippen LogP contribution in [0.25, 0.3) is 0 Å². The molecule has 0 spiro atoms. The van der Waals surface area contributed by atoms with Gasteiger partial charge in [-0.15, -0.1) is 0 Å². The number of rotatable bonds is 27. The van der Waals surface area contributed by atoms with Crippen molar-refractivity contribution < 1.29 is 68.7 Å². The Hall–Kier alpha value is -4.98. The molecule has 1 fully saturated rings. The lowest BCUT2D eigenvalue weighted by Gasteiger charge is -2.32. The number of ketones is 1. The van der Waals surface area contributed by atoms with Crippen molar-refractivity contribution >= 4 is 76.1 Å². The molecule has 1 heterocycles. The summed E-state index contributed by atoms with van der Waals surface area (Å²) in [5.74, 6) is -6.51. The first-order valence-corrected chi connectivity index (χ1v) is 22.2. The number of Topliss-reactive ketones (excluding diaryl/α,β-unsaturated/α-hetero) is 1. The molecule has 0 aliphatic carbocycles. The quantitative estimate of drug-likeness (QED) is 0.0429. The fourth-order valence-corrected chi connectivity index (χ4v) is 7.20. The van der Waals surface area contributed by atoms with Gasteiger partial charge in [-0.05, 0) is 85.7 Å². The van der Waals surface area contributed by atoms with Crippen LogP contribution in [0, 0.1) is 3.57 Å². The van der Waals surface area contributed by atoms with Crippen LogP contribution in [0.15, 0.2) is 24.3 Å². The van der Waals surface area contributed by atoms with Crippen LogP contribution in [0.4, 0.5) is 4.79 Å². The molecule has 4 amide bonds. The second kappa shape index (κ2) is 30.2. The van der Waals surface area contributed by atoms with E-state index in [2.05, 4.69) is 38.5 Å². The maximum Gasteiger partial charge on any atom is 0.326 e. The van der Waals surface area contributed by atoms with E-state index in [1.807, 2.05) is 29.2 Å². The lowest BCUT2D eigenvalue weighted by molar-refractivity contribution is -0.140. The van der Waals surface area contributed by atoms with Crippen molar-refractivity contribution in [1.29, 1.82) is 0 Å². The Morgan fingerprint density at radius 3 is 1.55 bits per heavy atom. The molecule has 0 aromatic heterocycles. The summed E-state index contributed by atoms with van der Waals surface area (Å²) in [5.41, 5.74) is 0.893. The van der Waals surface area contributed by atoms with Crippen LogP contribution >= 0.6 is 22.6 Å². The van der Waals surface area contributed by atoms with Gasteiger partial charge in [0.2, 0.25) is 11.8 Å². The Balaban J connectivity index is 1.96. The first-order valence-electron chi connectivity index (χ1n) is 21.2. The number of amides is 4. The van der Waals surface area contributed by atoms with E-state index in [9.17, 15) is 63.6 Å². The van der Waals surface area contributed by atoms with Gasteiger partial charge >= 0.3 is 35.9 Å². The molecular formula is C41H63IN8O14. The molecule has 8 N–H and O–H groups in total. The van der Waals surface area contributed by atoms with Crippen LogP contribution in [-0.4, -0.2) is 207 Å². The van der Waals surface area contributed by atoms with Gasteiger partial charge in [0, 0.05) is 88.4 Å². The molecule has 1 aliphatic rings. The minimum Gasteiger partial charge on any atom is -0.481 e. The Kier molecular flexibility index (Phi) is 26.0. The number of nitrogens with zero attached hydrogens (tertiary/aromatic N) is 5. The molecule has 1 aromatic rings. The molecule has 1 saturated heterocycles. The summed E-state index contributed by atoms with van der Waals surface area (Å²) >= 11 is 2.18. The summed E-state index contributed by atoms with van der Waals surface area (Å²) in [5, 5.41) is 54.5. The summed E-state index contributed by atoms with van der Waals surface area (Å²) < 4.78 is 1.02. The van der Waals surface area contributed by atoms with Crippen LogP contribution in [0.2, 0.25) is 0 Å². The van der Waals surface area contributed by atoms with Crippen LogP contribution < -0.4 is 16.0 Å². The number of nitrogens with one attached hydrogen (secondary N) is 3. The van der Waals surface area contributed by atoms with Gasteiger partial charge in [0.15, 0.2) is 5.78 Å². The topological polar surface area (TPSA) is 307 Å². The van der Waals surface area contributed by atoms with Gasteiger partial charge in [0.1, 0.15) is 6.04 Å². The summed E-state index contributed by atoms with van der Waals surface area (Å²) in [7, 11) is 0. The second-order valence-electron chi connectivity index (χ2n) is 15.6. The maximum atomic E-state index is 13.5. The Labute approximate surface area is 385 Å². The lowest BCUT2D eigenvalue weighted by Crippen LogP contribution is -2.50. The van der Waals surface area contributed by atoms with E-state index in [1.165, 1.54) is 6.92 Å². The highest BCUT2D eigenvalue weighted by Crippen LogP contribution is 2.14. The standard InChI is InChI=1S/C41H63IN8O14/c1-29(51)32(12-13-36(54)55)44-41(64)45-33(40(62)63)6-3-5-15-50(24-30-8-10-31(42)11-9-30)35(53)7-2-4-14-43-34(52)25-46-16-18-47(26-37(56)57)20-22-49(28-39(60)61)23-21-48(19-17-46)27-38(58)59/h8-11,32-33H,2-7,12-28H2,1H3,(H,43,52)(H,54,55)(H,56,57)(H,58,59)(H,60,61)(H,62,63)(H2,44,45,64)/t32-,33-/m0/s1. The average molecular weight is 1020 g/mol. The lowest BCUT2D eigenvalue weighted by atomic mass is 10.1. The third-order valence-corrected chi connectivity index (χ3v) is 11.1. The zero-order valence-electron chi connectivity index (χ0n) is 36.3. The molecule has 0 bridgehead atoms. The molecular weight excluding hydrogens is 955 g/mol. The monoisotopic (exact) mass is 1020 g/mol. The molecule has 358 valence electrons. The number of benzene rings is 1. The van der Waals surface area contributed by atoms with Crippen LogP contribution in [0.1, 0.15) is 63.9 Å². The predicted molar refractivity (Wildman–Crippen MR) is 238 cm³/mol. The van der Waals surface area contributed by atoms with Gasteiger partial charge in [-0.2, -0.15) is 0 Å². The summed E-state index contributed by atoms with van der Waals surface area (Å²) in [6.45, 7) is 3.37. The molecule has 22 nitrogen and oxygen atoms in total. The number of halogens is 1. The van der Waals surface area contributed by atoms with Crippen LogP contribution in [0.3, 0.4) is 0 Å². The zero-order chi connectivity index (χ0) is 47.6. The molecule has 0 unspecified atom stereocenters. The van der Waals surface area contributed by atoms with E-state index in [1.54, 1.807) is 19.6 Å². The van der Waals surface area contributed by atoms with Crippen molar-refractivity contribution in [1.82, 2.24) is 40.4 Å². The third kappa shape index (κ3) is 24.8. The van der Waals surface area contributed by atoms with E-state index in [-0.39, 0.29) is 109 Å². The Bertz CT molecular complexity index is 1690. The number of hydrogen-bond acceptors (Lipinski definition) is 13. The fraction of sp³-hybridized carbons (Fsp3) is 0.634. The number of carbonyl (C=O) groups is 9. The summed E-state index contributed by atoms with van der Waals surface area (Å²) in [6, 6.07) is 4.35. The SMILES string of the molecule is CC(=O)[C@H](CCC(=O)O)NC(=O)N[C@@H](CCCCN(Cc1ccc(I)cc1)C(=O)CCCCNC(=O)CN1CCN(CC(=O)O)CCN(CC(=O)O)CCN(CC(=O)O)CC1)C(=O)O. The van der Waals surface area contributed by atoms with Gasteiger partial charge in [0.05, 0.1) is 32.2 Å². The van der Waals surface area contributed by atoms with Crippen molar-refractivity contribution in [2.75, 3.05) is 91.6 Å². The highest BCUT2D eigenvalue weighted by atomic mass is 127. The molecule has 1 aromatic carbocycles.